The molecule has 4 saturated carbocycles. The van der Waals surface area contributed by atoms with Gasteiger partial charge in [-0.3, -0.25) is 0 Å². The van der Waals surface area contributed by atoms with Gasteiger partial charge < -0.3 is 0 Å². The van der Waals surface area contributed by atoms with E-state index in [1.165, 1.54) is 32.1 Å². The molecule has 0 spiro atoms. The Bertz CT molecular complexity index is 377. The van der Waals surface area contributed by atoms with Crippen LogP contribution < -0.4 is 0 Å². The third kappa shape index (κ3) is 2.57. The second-order valence-corrected chi connectivity index (χ2v) is 9.88. The lowest BCUT2D eigenvalue weighted by atomic mass is 9.56. The van der Waals surface area contributed by atoms with Gasteiger partial charge in [0.05, 0.1) is 0 Å². The Labute approximate surface area is 138 Å². The van der Waals surface area contributed by atoms with Gasteiger partial charge in [0.1, 0.15) is 0 Å². The zero-order valence-electron chi connectivity index (χ0n) is 15.2. The molecule has 0 aliphatic heterocycles. The largest absolute Gasteiger partial charge is 0.0617 e. The molecule has 4 rings (SSSR count). The predicted octanol–water partition coefficient (Wildman–Crippen LogP) is 6.84. The summed E-state index contributed by atoms with van der Waals surface area (Å²) in [7, 11) is 0. The van der Waals surface area contributed by atoms with Crippen molar-refractivity contribution in [3.05, 3.63) is 0 Å². The highest BCUT2D eigenvalue weighted by atomic mass is 14.6. The fourth-order valence-electron chi connectivity index (χ4n) is 7.63. The van der Waals surface area contributed by atoms with Crippen molar-refractivity contribution >= 4 is 0 Å². The highest BCUT2D eigenvalue weighted by molar-refractivity contribution is 5.01. The fraction of sp³-hybridized carbons (Fsp3) is 1.00. The van der Waals surface area contributed by atoms with Crippen molar-refractivity contribution in [3.63, 3.8) is 0 Å². The molecule has 126 valence electrons. The molecule has 0 aromatic heterocycles. The van der Waals surface area contributed by atoms with Crippen LogP contribution in [-0.2, 0) is 0 Å². The Kier molecular flexibility index (Phi) is 4.33. The van der Waals surface area contributed by atoms with Gasteiger partial charge in [-0.2, -0.15) is 0 Å². The van der Waals surface area contributed by atoms with Crippen LogP contribution >= 0.6 is 0 Å². The summed E-state index contributed by atoms with van der Waals surface area (Å²) in [6.45, 7) is 5.34. The molecule has 0 aromatic carbocycles. The standard InChI is InChI=1S/C22H38/c1-16(22(2)13-6-3-7-14-22)19-12-8-10-18-15-17-9-4-5-11-20(17)21(18)19/h16-21H,3-15H2,1-2H3. The van der Waals surface area contributed by atoms with E-state index in [1.807, 2.05) is 0 Å². The van der Waals surface area contributed by atoms with E-state index in [0.717, 1.165) is 35.5 Å². The molecule has 0 heteroatoms. The molecule has 0 saturated heterocycles. The molecule has 22 heavy (non-hydrogen) atoms. The lowest BCUT2D eigenvalue weighted by Gasteiger charge is -2.49. The minimum absolute atomic E-state index is 0.678. The topological polar surface area (TPSA) is 0 Å². The summed E-state index contributed by atoms with van der Waals surface area (Å²) < 4.78 is 0. The minimum atomic E-state index is 0.678. The lowest BCUT2D eigenvalue weighted by Crippen LogP contribution is -2.41. The summed E-state index contributed by atoms with van der Waals surface area (Å²) in [5.41, 5.74) is 0.678. The van der Waals surface area contributed by atoms with Gasteiger partial charge in [0, 0.05) is 0 Å². The van der Waals surface area contributed by atoms with Gasteiger partial charge in [-0.15, -0.1) is 0 Å². The van der Waals surface area contributed by atoms with Crippen LogP contribution in [0.5, 0.6) is 0 Å². The van der Waals surface area contributed by atoms with Gasteiger partial charge in [0.2, 0.25) is 0 Å². The Balaban J connectivity index is 1.54. The van der Waals surface area contributed by atoms with Gasteiger partial charge in [-0.25, -0.2) is 0 Å². The second-order valence-electron chi connectivity index (χ2n) is 9.88. The van der Waals surface area contributed by atoms with Gasteiger partial charge in [-0.05, 0) is 73.0 Å². The van der Waals surface area contributed by atoms with Crippen LogP contribution in [0.25, 0.3) is 0 Å². The molecule has 0 aromatic rings. The molecule has 4 aliphatic carbocycles. The van der Waals surface area contributed by atoms with Crippen molar-refractivity contribution < 1.29 is 0 Å². The summed E-state index contributed by atoms with van der Waals surface area (Å²) >= 11 is 0. The van der Waals surface area contributed by atoms with E-state index < -0.39 is 0 Å². The molecule has 4 fully saturated rings. The van der Waals surface area contributed by atoms with E-state index in [0.29, 0.717) is 5.41 Å². The molecule has 6 atom stereocenters. The number of hydrogen-bond donors (Lipinski definition) is 0. The monoisotopic (exact) mass is 302 g/mol. The molecule has 0 bridgehead atoms. The SMILES string of the molecule is CC(C1CCCC2CC3CCCCC3C21)C1(C)CCCCC1. The summed E-state index contributed by atoms with van der Waals surface area (Å²) in [6.07, 6.45) is 20.1. The van der Waals surface area contributed by atoms with Crippen LogP contribution in [-0.4, -0.2) is 0 Å². The van der Waals surface area contributed by atoms with Crippen molar-refractivity contribution in [3.8, 4) is 0 Å². The van der Waals surface area contributed by atoms with Gasteiger partial charge in [0.25, 0.3) is 0 Å². The Hall–Kier alpha value is 0. The third-order valence-electron chi connectivity index (χ3n) is 8.96. The maximum Gasteiger partial charge on any atom is -0.0297 e. The van der Waals surface area contributed by atoms with Crippen LogP contribution in [0.4, 0.5) is 0 Å². The molecular formula is C22H38. The van der Waals surface area contributed by atoms with Crippen LogP contribution in [0.3, 0.4) is 0 Å². The van der Waals surface area contributed by atoms with Gasteiger partial charge >= 0.3 is 0 Å². The van der Waals surface area contributed by atoms with E-state index in [9.17, 15) is 0 Å². The lowest BCUT2D eigenvalue weighted by molar-refractivity contribution is 0.00352. The smallest absolute Gasteiger partial charge is 0.0297 e. The second kappa shape index (κ2) is 6.14. The van der Waals surface area contributed by atoms with Crippen molar-refractivity contribution in [1.82, 2.24) is 0 Å². The Morgan fingerprint density at radius 3 is 2.32 bits per heavy atom. The first-order valence-electron chi connectivity index (χ1n) is 10.7. The average Bonchev–Trinajstić information content (AvgIpc) is 2.93. The number of hydrogen-bond acceptors (Lipinski definition) is 0. The predicted molar refractivity (Wildman–Crippen MR) is 94.7 cm³/mol. The quantitative estimate of drug-likeness (QED) is 0.524. The fourth-order valence-corrected chi connectivity index (χ4v) is 7.63. The molecular weight excluding hydrogens is 264 g/mol. The van der Waals surface area contributed by atoms with Crippen LogP contribution in [0, 0.1) is 40.9 Å². The molecule has 4 aliphatic rings. The Morgan fingerprint density at radius 2 is 1.50 bits per heavy atom. The molecule has 0 N–H and O–H groups in total. The molecule has 0 amide bonds. The molecule has 0 radical (unpaired) electrons. The van der Waals surface area contributed by atoms with E-state index in [-0.39, 0.29) is 0 Å². The first kappa shape index (κ1) is 15.5. The van der Waals surface area contributed by atoms with Gasteiger partial charge in [-0.1, -0.05) is 65.2 Å². The zero-order chi connectivity index (χ0) is 15.2. The summed E-state index contributed by atoms with van der Waals surface area (Å²) in [5.74, 6) is 6.60. The highest BCUT2D eigenvalue weighted by Gasteiger charge is 2.51. The molecule has 6 unspecified atom stereocenters. The van der Waals surface area contributed by atoms with Crippen LogP contribution in [0.15, 0.2) is 0 Å². The maximum atomic E-state index is 2.68. The number of fused-ring (bicyclic) bond motifs is 3. The first-order valence-corrected chi connectivity index (χ1v) is 10.7. The normalized spacial score (nSPS) is 45.8. The zero-order valence-corrected chi connectivity index (χ0v) is 15.2. The summed E-state index contributed by atoms with van der Waals surface area (Å²) in [4.78, 5) is 0. The average molecular weight is 303 g/mol. The van der Waals surface area contributed by atoms with Crippen molar-refractivity contribution in [2.45, 2.75) is 97.3 Å². The Morgan fingerprint density at radius 1 is 0.773 bits per heavy atom. The molecule has 0 nitrogen and oxygen atoms in total. The van der Waals surface area contributed by atoms with E-state index >= 15 is 0 Å². The van der Waals surface area contributed by atoms with Crippen LogP contribution in [0.1, 0.15) is 97.3 Å². The van der Waals surface area contributed by atoms with E-state index in [4.69, 9.17) is 0 Å². The summed E-state index contributed by atoms with van der Waals surface area (Å²) in [5, 5.41) is 0. The third-order valence-corrected chi connectivity index (χ3v) is 8.96. The maximum absolute atomic E-state index is 2.68. The van der Waals surface area contributed by atoms with E-state index in [2.05, 4.69) is 13.8 Å². The van der Waals surface area contributed by atoms with Crippen molar-refractivity contribution in [2.75, 3.05) is 0 Å². The highest BCUT2D eigenvalue weighted by Crippen LogP contribution is 2.60. The van der Waals surface area contributed by atoms with Crippen molar-refractivity contribution in [2.24, 2.45) is 40.9 Å². The minimum Gasteiger partial charge on any atom is -0.0617 e. The van der Waals surface area contributed by atoms with Crippen LogP contribution in [0.2, 0.25) is 0 Å². The van der Waals surface area contributed by atoms with E-state index in [1.54, 1.807) is 51.4 Å². The van der Waals surface area contributed by atoms with Crippen molar-refractivity contribution in [1.29, 1.82) is 0 Å². The first-order chi connectivity index (χ1) is 10.7. The van der Waals surface area contributed by atoms with Gasteiger partial charge in [0.15, 0.2) is 0 Å². The summed E-state index contributed by atoms with van der Waals surface area (Å²) in [6, 6.07) is 0. The molecule has 0 heterocycles. The number of rotatable bonds is 2.